The third-order valence-electron chi connectivity index (χ3n) is 5.08. The molecule has 0 bridgehead atoms. The first-order valence-corrected chi connectivity index (χ1v) is 11.0. The summed E-state index contributed by atoms with van der Waals surface area (Å²) in [5.41, 5.74) is 2.57. The van der Waals surface area contributed by atoms with E-state index in [0.29, 0.717) is 4.73 Å². The van der Waals surface area contributed by atoms with Crippen LogP contribution >= 0.6 is 11.6 Å². The van der Waals surface area contributed by atoms with Crippen molar-refractivity contribution in [2.24, 2.45) is 0 Å². The Morgan fingerprint density at radius 2 is 1.86 bits per heavy atom. The molecular weight excluding hydrogens is 498 g/mol. The minimum atomic E-state index is -0.895. The normalized spacial score (nSPS) is 10.5. The molecule has 3 aromatic rings. The number of nitrogens with one attached hydrogen (secondary N) is 2. The summed E-state index contributed by atoms with van der Waals surface area (Å²) < 4.78 is 34.3. The molecule has 188 valence electrons. The Labute approximate surface area is 209 Å². The SMILES string of the molecule is CCN(NC(=O)c1cc(Cl)c[n+](O)c1)C(=O)NCc1ccc(-c2cccc(F)c2C(=O)OC)cc1F. The molecule has 0 unspecified atom stereocenters. The molecule has 3 rings (SSSR count). The minimum absolute atomic E-state index is 0.00144. The Morgan fingerprint density at radius 1 is 1.11 bits per heavy atom. The third kappa shape index (κ3) is 6.05. The first-order chi connectivity index (χ1) is 17.1. The van der Waals surface area contributed by atoms with Crippen LogP contribution in [0.3, 0.4) is 0 Å². The summed E-state index contributed by atoms with van der Waals surface area (Å²) in [5, 5.41) is 13.1. The average Bonchev–Trinajstić information content (AvgIpc) is 2.84. The lowest BCUT2D eigenvalue weighted by molar-refractivity contribution is -0.904. The van der Waals surface area contributed by atoms with E-state index in [1.165, 1.54) is 36.5 Å². The Kier molecular flexibility index (Phi) is 8.38. The number of esters is 1. The predicted octanol–water partition coefficient (Wildman–Crippen LogP) is 3.47. The van der Waals surface area contributed by atoms with Gasteiger partial charge in [-0.3, -0.25) is 15.4 Å². The number of rotatable bonds is 6. The molecule has 3 amide bonds. The molecule has 0 aliphatic rings. The molecule has 0 aliphatic heterocycles. The molecule has 2 aromatic carbocycles. The molecule has 3 N–H and O–H groups in total. The number of hydrogen-bond donors (Lipinski definition) is 3. The summed E-state index contributed by atoms with van der Waals surface area (Å²) in [5.74, 6) is -3.10. The van der Waals surface area contributed by atoms with Gasteiger partial charge in [0.15, 0.2) is 0 Å². The maximum Gasteiger partial charge on any atom is 0.341 e. The molecular formula is C24H22ClF2N4O5+. The van der Waals surface area contributed by atoms with Crippen molar-refractivity contribution in [2.45, 2.75) is 13.5 Å². The molecule has 0 fully saturated rings. The average molecular weight is 520 g/mol. The van der Waals surface area contributed by atoms with Crippen LogP contribution in [0, 0.1) is 11.6 Å². The van der Waals surface area contributed by atoms with Gasteiger partial charge >= 0.3 is 12.0 Å². The van der Waals surface area contributed by atoms with Crippen LogP contribution in [-0.2, 0) is 11.3 Å². The van der Waals surface area contributed by atoms with Crippen LogP contribution in [0.4, 0.5) is 13.6 Å². The first-order valence-electron chi connectivity index (χ1n) is 10.6. The summed E-state index contributed by atoms with van der Waals surface area (Å²) in [6.45, 7) is 1.46. The zero-order valence-corrected chi connectivity index (χ0v) is 20.0. The Hall–Kier alpha value is -4.25. The molecule has 12 heteroatoms. The highest BCUT2D eigenvalue weighted by Crippen LogP contribution is 2.28. The molecule has 36 heavy (non-hydrogen) atoms. The van der Waals surface area contributed by atoms with Gasteiger partial charge in [0, 0.05) is 23.4 Å². The summed E-state index contributed by atoms with van der Waals surface area (Å²) in [6, 6.07) is 8.52. The lowest BCUT2D eigenvalue weighted by Crippen LogP contribution is -2.50. The quantitative estimate of drug-likeness (QED) is 0.200. The van der Waals surface area contributed by atoms with Crippen molar-refractivity contribution in [3.05, 3.63) is 88.2 Å². The van der Waals surface area contributed by atoms with Crippen LogP contribution < -0.4 is 15.5 Å². The maximum absolute atomic E-state index is 14.8. The zero-order valence-electron chi connectivity index (χ0n) is 19.2. The van der Waals surface area contributed by atoms with Crippen LogP contribution in [0.5, 0.6) is 0 Å². The second-order valence-corrected chi connectivity index (χ2v) is 7.86. The Bertz CT molecular complexity index is 1300. The topological polar surface area (TPSA) is 112 Å². The van der Waals surface area contributed by atoms with Crippen molar-refractivity contribution >= 4 is 29.5 Å². The van der Waals surface area contributed by atoms with Gasteiger partial charge in [-0.1, -0.05) is 35.9 Å². The fraction of sp³-hybridized carbons (Fsp3) is 0.167. The lowest BCUT2D eigenvalue weighted by Gasteiger charge is -2.22. The number of pyridine rings is 1. The van der Waals surface area contributed by atoms with Gasteiger partial charge in [-0.15, -0.1) is 0 Å². The van der Waals surface area contributed by atoms with E-state index < -0.39 is 29.5 Å². The second kappa shape index (κ2) is 11.5. The van der Waals surface area contributed by atoms with Crippen molar-refractivity contribution in [1.82, 2.24) is 15.8 Å². The predicted molar refractivity (Wildman–Crippen MR) is 124 cm³/mol. The number of aromatic nitrogens is 1. The minimum Gasteiger partial charge on any atom is -0.465 e. The van der Waals surface area contributed by atoms with E-state index in [4.69, 9.17) is 11.6 Å². The second-order valence-electron chi connectivity index (χ2n) is 7.43. The standard InChI is InChI=1S/C24H21ClF2N4O5/c1-3-31(29-22(32)16-9-17(25)13-30(35)12-16)24(34)28-11-15-8-7-14(10-20(15)27)18-5-4-6-19(26)21(18)23(33)36-2/h4-10,12-13H,3,11H2,1-2H3,(H2-,28,29,32,34,35)/p+1. The highest BCUT2D eigenvalue weighted by Gasteiger charge is 2.21. The van der Waals surface area contributed by atoms with Crippen LogP contribution in [0.1, 0.15) is 33.2 Å². The highest BCUT2D eigenvalue weighted by molar-refractivity contribution is 6.30. The number of ether oxygens (including phenoxy) is 1. The van der Waals surface area contributed by atoms with E-state index in [1.807, 2.05) is 0 Å². The number of urea groups is 1. The van der Waals surface area contributed by atoms with Gasteiger partial charge in [-0.05, 0) is 36.2 Å². The van der Waals surface area contributed by atoms with Gasteiger partial charge in [0.1, 0.15) is 27.8 Å². The number of benzene rings is 2. The van der Waals surface area contributed by atoms with E-state index in [2.05, 4.69) is 15.5 Å². The molecule has 0 atom stereocenters. The summed E-state index contributed by atoms with van der Waals surface area (Å²) >= 11 is 5.82. The number of carbonyl (C=O) groups excluding carboxylic acids is 3. The maximum atomic E-state index is 14.8. The largest absolute Gasteiger partial charge is 0.465 e. The van der Waals surface area contributed by atoms with E-state index in [1.54, 1.807) is 6.92 Å². The van der Waals surface area contributed by atoms with Crippen molar-refractivity contribution in [1.29, 1.82) is 0 Å². The molecule has 9 nitrogen and oxygen atoms in total. The number of nitrogens with zero attached hydrogens (tertiary/aromatic N) is 2. The van der Waals surface area contributed by atoms with Crippen molar-refractivity contribution in [2.75, 3.05) is 13.7 Å². The summed E-state index contributed by atoms with van der Waals surface area (Å²) in [6.07, 6.45) is 2.28. The molecule has 0 radical (unpaired) electrons. The van der Waals surface area contributed by atoms with Crippen LogP contribution in [0.15, 0.2) is 54.9 Å². The molecule has 1 heterocycles. The molecule has 0 saturated carbocycles. The molecule has 0 aliphatic carbocycles. The Morgan fingerprint density at radius 3 is 2.50 bits per heavy atom. The van der Waals surface area contributed by atoms with Crippen LogP contribution in [0.2, 0.25) is 5.02 Å². The Balaban J connectivity index is 1.71. The zero-order chi connectivity index (χ0) is 26.4. The number of carbonyl (C=O) groups is 3. The summed E-state index contributed by atoms with van der Waals surface area (Å²) in [4.78, 5) is 36.9. The smallest absolute Gasteiger partial charge is 0.341 e. The van der Waals surface area contributed by atoms with Crippen molar-refractivity contribution in [3.8, 4) is 11.1 Å². The fourth-order valence-corrected chi connectivity index (χ4v) is 3.53. The van der Waals surface area contributed by atoms with Crippen LogP contribution in [-0.4, -0.2) is 41.8 Å². The van der Waals surface area contributed by atoms with Gasteiger partial charge in [-0.2, -0.15) is 0 Å². The van der Waals surface area contributed by atoms with Gasteiger partial charge in [0.05, 0.1) is 7.11 Å². The van der Waals surface area contributed by atoms with Gasteiger partial charge in [0.25, 0.3) is 5.91 Å². The summed E-state index contributed by atoms with van der Waals surface area (Å²) in [7, 11) is 1.12. The van der Waals surface area contributed by atoms with Gasteiger partial charge in [0.2, 0.25) is 12.4 Å². The molecule has 0 spiro atoms. The molecule has 1 aromatic heterocycles. The van der Waals surface area contributed by atoms with Crippen molar-refractivity contribution < 1.29 is 37.8 Å². The highest BCUT2D eigenvalue weighted by atomic mass is 35.5. The van der Waals surface area contributed by atoms with Gasteiger partial charge in [-0.25, -0.2) is 23.4 Å². The number of halogens is 3. The van der Waals surface area contributed by atoms with E-state index >= 15 is 0 Å². The van der Waals surface area contributed by atoms with Crippen LogP contribution in [0.25, 0.3) is 11.1 Å². The number of amides is 3. The lowest BCUT2D eigenvalue weighted by atomic mass is 9.98. The van der Waals surface area contributed by atoms with Gasteiger partial charge < -0.3 is 10.1 Å². The monoisotopic (exact) mass is 519 g/mol. The fourth-order valence-electron chi connectivity index (χ4n) is 3.31. The molecule has 0 saturated heterocycles. The number of methoxy groups -OCH3 is 1. The van der Waals surface area contributed by atoms with E-state index in [-0.39, 0.29) is 45.9 Å². The van der Waals surface area contributed by atoms with Crippen molar-refractivity contribution in [3.63, 3.8) is 0 Å². The van der Waals surface area contributed by atoms with E-state index in [0.717, 1.165) is 30.4 Å². The third-order valence-corrected chi connectivity index (χ3v) is 5.28. The number of hydrazine groups is 1. The van der Waals surface area contributed by atoms with E-state index in [9.17, 15) is 28.4 Å². The number of hydrogen-bond acceptors (Lipinski definition) is 5. The first kappa shape index (κ1) is 26.4.